The number of rotatable bonds is 7. The summed E-state index contributed by atoms with van der Waals surface area (Å²) < 4.78 is 0. The summed E-state index contributed by atoms with van der Waals surface area (Å²) in [6, 6.07) is 8.17. The van der Waals surface area contributed by atoms with Gasteiger partial charge in [-0.1, -0.05) is 44.9 Å². The first-order valence-electron chi connectivity index (χ1n) is 10.3. The van der Waals surface area contributed by atoms with E-state index in [4.69, 9.17) is 0 Å². The van der Waals surface area contributed by atoms with Crippen LogP contribution in [0.5, 0.6) is 0 Å². The standard InChI is InChI=1S/C22H32N4O2/c1-15(2)7-6-8-16(3)24-21(27)13-23-22(28)26-12-11-18-17-9-4-5-10-19(17)25-20(18)14-26/h4-5,9-10,15-16,25H,6-8,11-14H2,1-3H3,(H,23,28)(H,24,27)/t16-/m1/s1. The quantitative estimate of drug-likeness (QED) is 0.682. The molecule has 1 aliphatic rings. The summed E-state index contributed by atoms with van der Waals surface area (Å²) in [7, 11) is 0. The molecule has 6 nitrogen and oxygen atoms in total. The highest BCUT2D eigenvalue weighted by atomic mass is 16.2. The van der Waals surface area contributed by atoms with Crippen molar-refractivity contribution in [3.63, 3.8) is 0 Å². The minimum absolute atomic E-state index is 0.0173. The Balaban J connectivity index is 1.44. The van der Waals surface area contributed by atoms with Crippen LogP contribution in [0.1, 0.15) is 51.3 Å². The molecule has 152 valence electrons. The molecule has 1 aromatic heterocycles. The van der Waals surface area contributed by atoms with E-state index >= 15 is 0 Å². The second-order valence-corrected chi connectivity index (χ2v) is 8.25. The Bertz CT molecular complexity index is 827. The number of carbonyl (C=O) groups excluding carboxylic acids is 2. The summed E-state index contributed by atoms with van der Waals surface area (Å²) in [5.41, 5.74) is 3.50. The number of aromatic nitrogens is 1. The van der Waals surface area contributed by atoms with Crippen LogP contribution in [0.3, 0.4) is 0 Å². The molecule has 0 bridgehead atoms. The lowest BCUT2D eigenvalue weighted by Gasteiger charge is -2.27. The molecule has 0 aliphatic carbocycles. The van der Waals surface area contributed by atoms with Gasteiger partial charge in [-0.25, -0.2) is 4.79 Å². The number of hydrogen-bond acceptors (Lipinski definition) is 2. The molecule has 6 heteroatoms. The van der Waals surface area contributed by atoms with Crippen molar-refractivity contribution in [2.24, 2.45) is 5.92 Å². The highest BCUT2D eigenvalue weighted by molar-refractivity contribution is 5.86. The number of urea groups is 1. The van der Waals surface area contributed by atoms with Gasteiger partial charge in [0.25, 0.3) is 0 Å². The zero-order valence-corrected chi connectivity index (χ0v) is 17.2. The van der Waals surface area contributed by atoms with Gasteiger partial charge in [0.2, 0.25) is 5.91 Å². The number of para-hydroxylation sites is 1. The van der Waals surface area contributed by atoms with Gasteiger partial charge in [0.05, 0.1) is 13.1 Å². The number of nitrogens with zero attached hydrogens (tertiary/aromatic N) is 1. The molecule has 28 heavy (non-hydrogen) atoms. The van der Waals surface area contributed by atoms with Gasteiger partial charge in [-0.15, -0.1) is 0 Å². The van der Waals surface area contributed by atoms with E-state index in [0.717, 1.165) is 30.5 Å². The highest BCUT2D eigenvalue weighted by Crippen LogP contribution is 2.27. The third-order valence-corrected chi connectivity index (χ3v) is 5.40. The molecule has 0 radical (unpaired) electrons. The Hall–Kier alpha value is -2.50. The van der Waals surface area contributed by atoms with E-state index in [1.807, 2.05) is 19.1 Å². The maximum absolute atomic E-state index is 12.5. The predicted octanol–water partition coefficient (Wildman–Crippen LogP) is 3.57. The summed E-state index contributed by atoms with van der Waals surface area (Å²) >= 11 is 0. The SMILES string of the molecule is CC(C)CCC[C@@H](C)NC(=O)CNC(=O)N1CCc2c([nH]c3ccccc23)C1. The Morgan fingerprint density at radius 2 is 1.96 bits per heavy atom. The second kappa shape index (κ2) is 9.13. The Morgan fingerprint density at radius 3 is 2.75 bits per heavy atom. The summed E-state index contributed by atoms with van der Waals surface area (Å²) in [6.45, 7) is 7.65. The van der Waals surface area contributed by atoms with Crippen LogP contribution in [0.15, 0.2) is 24.3 Å². The number of hydrogen-bond donors (Lipinski definition) is 3. The summed E-state index contributed by atoms with van der Waals surface area (Å²) in [5, 5.41) is 6.96. The molecule has 3 amide bonds. The van der Waals surface area contributed by atoms with Gasteiger partial charge in [0.1, 0.15) is 0 Å². The van der Waals surface area contributed by atoms with E-state index in [1.54, 1.807) is 4.90 Å². The lowest BCUT2D eigenvalue weighted by atomic mass is 10.0. The second-order valence-electron chi connectivity index (χ2n) is 8.25. The molecule has 0 fully saturated rings. The number of carbonyl (C=O) groups is 2. The number of nitrogens with one attached hydrogen (secondary N) is 3. The van der Waals surface area contributed by atoms with E-state index < -0.39 is 0 Å². The molecule has 0 unspecified atom stereocenters. The van der Waals surface area contributed by atoms with Gasteiger partial charge in [-0.3, -0.25) is 4.79 Å². The molecule has 0 saturated carbocycles. The van der Waals surface area contributed by atoms with Gasteiger partial charge in [-0.2, -0.15) is 0 Å². The Kier molecular flexibility index (Phi) is 6.60. The van der Waals surface area contributed by atoms with Crippen molar-refractivity contribution in [1.82, 2.24) is 20.5 Å². The molecule has 3 rings (SSSR count). The van der Waals surface area contributed by atoms with Crippen LogP contribution in [0.2, 0.25) is 0 Å². The summed E-state index contributed by atoms with van der Waals surface area (Å²) in [5.74, 6) is 0.554. The van der Waals surface area contributed by atoms with Crippen LogP contribution in [0.4, 0.5) is 4.79 Å². The molecule has 2 aromatic rings. The Morgan fingerprint density at radius 1 is 1.18 bits per heavy atom. The van der Waals surface area contributed by atoms with Crippen molar-refractivity contribution >= 4 is 22.8 Å². The monoisotopic (exact) mass is 384 g/mol. The van der Waals surface area contributed by atoms with Crippen LogP contribution >= 0.6 is 0 Å². The third-order valence-electron chi connectivity index (χ3n) is 5.40. The maximum Gasteiger partial charge on any atom is 0.318 e. The van der Waals surface area contributed by atoms with Crippen LogP contribution in [-0.2, 0) is 17.8 Å². The number of benzene rings is 1. The largest absolute Gasteiger partial charge is 0.357 e. The predicted molar refractivity (Wildman–Crippen MR) is 112 cm³/mol. The molecule has 0 saturated heterocycles. The van der Waals surface area contributed by atoms with Gasteiger partial charge in [0.15, 0.2) is 0 Å². The zero-order chi connectivity index (χ0) is 20.1. The number of H-pyrrole nitrogens is 1. The average Bonchev–Trinajstić information content (AvgIpc) is 3.03. The molecule has 3 N–H and O–H groups in total. The van der Waals surface area contributed by atoms with Gasteiger partial charge in [-0.05, 0) is 37.3 Å². The van der Waals surface area contributed by atoms with Crippen LogP contribution in [-0.4, -0.2) is 41.0 Å². The van der Waals surface area contributed by atoms with Crippen molar-refractivity contribution in [3.8, 4) is 0 Å². The van der Waals surface area contributed by atoms with E-state index in [1.165, 1.54) is 17.4 Å². The maximum atomic E-state index is 12.5. The fourth-order valence-electron chi connectivity index (χ4n) is 3.86. The lowest BCUT2D eigenvalue weighted by Crippen LogP contribution is -2.47. The first kappa shape index (κ1) is 20.2. The fraction of sp³-hybridized carbons (Fsp3) is 0.545. The number of fused-ring (bicyclic) bond motifs is 3. The summed E-state index contributed by atoms with van der Waals surface area (Å²) in [4.78, 5) is 29.8. The van der Waals surface area contributed by atoms with E-state index in [2.05, 4.69) is 41.6 Å². The first-order chi connectivity index (χ1) is 13.4. The van der Waals surface area contributed by atoms with Crippen molar-refractivity contribution in [2.75, 3.05) is 13.1 Å². The highest BCUT2D eigenvalue weighted by Gasteiger charge is 2.24. The smallest absolute Gasteiger partial charge is 0.318 e. The van der Waals surface area contributed by atoms with Crippen LogP contribution in [0.25, 0.3) is 10.9 Å². The van der Waals surface area contributed by atoms with Crippen molar-refractivity contribution < 1.29 is 9.59 Å². The Labute approximate surface area is 167 Å². The van der Waals surface area contributed by atoms with Crippen LogP contribution < -0.4 is 10.6 Å². The minimum Gasteiger partial charge on any atom is -0.357 e. The summed E-state index contributed by atoms with van der Waals surface area (Å²) in [6.07, 6.45) is 4.06. The number of amides is 3. The van der Waals surface area contributed by atoms with Crippen molar-refractivity contribution in [3.05, 3.63) is 35.5 Å². The zero-order valence-electron chi connectivity index (χ0n) is 17.2. The molecule has 1 atom stereocenters. The molecule has 0 spiro atoms. The van der Waals surface area contributed by atoms with E-state index in [9.17, 15) is 9.59 Å². The fourth-order valence-corrected chi connectivity index (χ4v) is 3.86. The topological polar surface area (TPSA) is 77.2 Å². The average molecular weight is 385 g/mol. The molecule has 1 aliphatic heterocycles. The van der Waals surface area contributed by atoms with Crippen LogP contribution in [0, 0.1) is 5.92 Å². The van der Waals surface area contributed by atoms with E-state index in [0.29, 0.717) is 19.0 Å². The first-order valence-corrected chi connectivity index (χ1v) is 10.3. The molecule has 2 heterocycles. The van der Waals surface area contributed by atoms with Gasteiger partial charge in [0, 0.05) is 29.2 Å². The lowest BCUT2D eigenvalue weighted by molar-refractivity contribution is -0.120. The number of aromatic amines is 1. The van der Waals surface area contributed by atoms with Gasteiger partial charge < -0.3 is 20.5 Å². The third kappa shape index (κ3) is 5.06. The minimum atomic E-state index is -0.188. The normalized spacial score (nSPS) is 14.8. The molecular weight excluding hydrogens is 352 g/mol. The van der Waals surface area contributed by atoms with E-state index in [-0.39, 0.29) is 24.5 Å². The van der Waals surface area contributed by atoms with Crippen molar-refractivity contribution in [1.29, 1.82) is 0 Å². The molecular formula is C22H32N4O2. The van der Waals surface area contributed by atoms with Gasteiger partial charge >= 0.3 is 6.03 Å². The van der Waals surface area contributed by atoms with Crippen molar-refractivity contribution in [2.45, 2.75) is 59.0 Å². The molecule has 1 aromatic carbocycles.